The molecule has 0 saturated carbocycles. The maximum absolute atomic E-state index is 12.6. The molecule has 2 atom stereocenters. The van der Waals surface area contributed by atoms with Crippen molar-refractivity contribution in [3.63, 3.8) is 0 Å². The summed E-state index contributed by atoms with van der Waals surface area (Å²) in [5.41, 5.74) is 5.80. The van der Waals surface area contributed by atoms with Crippen LogP contribution < -0.4 is 16.6 Å². The monoisotopic (exact) mass is 382 g/mol. The molecule has 0 spiro atoms. The molecule has 0 radical (unpaired) electrons. The average molecular weight is 383 g/mol. The molecule has 2 aromatic heterocycles. The van der Waals surface area contributed by atoms with Crippen LogP contribution in [-0.4, -0.2) is 27.2 Å². The summed E-state index contributed by atoms with van der Waals surface area (Å²) in [5.74, 6) is -0.0393. The second-order valence-electron chi connectivity index (χ2n) is 6.02. The molecule has 0 aliphatic heterocycles. The van der Waals surface area contributed by atoms with Gasteiger partial charge in [0.25, 0.3) is 5.56 Å². The van der Waals surface area contributed by atoms with Crippen LogP contribution in [0.3, 0.4) is 0 Å². The third-order valence-electron chi connectivity index (χ3n) is 3.99. The molecule has 0 unspecified atom stereocenters. The molecule has 2 heterocycles. The Kier molecular flexibility index (Phi) is 6.23. The van der Waals surface area contributed by atoms with Gasteiger partial charge in [-0.2, -0.15) is 0 Å². The zero-order valence-electron chi connectivity index (χ0n) is 14.6. The molecule has 0 bridgehead atoms. The molecule has 25 heavy (non-hydrogen) atoms. The predicted molar refractivity (Wildman–Crippen MR) is 101 cm³/mol. The van der Waals surface area contributed by atoms with E-state index in [1.54, 1.807) is 6.92 Å². The number of nitrogens with two attached hydrogens (primary N) is 1. The van der Waals surface area contributed by atoms with E-state index >= 15 is 0 Å². The first-order chi connectivity index (χ1) is 11.7. The van der Waals surface area contributed by atoms with Crippen molar-refractivity contribution in [2.24, 2.45) is 11.7 Å². The summed E-state index contributed by atoms with van der Waals surface area (Å²) in [5, 5.41) is 2.39. The molecule has 0 saturated heterocycles. The number of aromatic amines is 1. The van der Waals surface area contributed by atoms with E-state index in [2.05, 4.69) is 23.8 Å². The Morgan fingerprint density at radius 3 is 2.68 bits per heavy atom. The molecule has 9 heteroatoms. The maximum atomic E-state index is 12.6. The molecule has 0 aliphatic rings. The number of imide groups is 1. The molecule has 0 aromatic carbocycles. The Morgan fingerprint density at radius 1 is 1.40 bits per heavy atom. The van der Waals surface area contributed by atoms with E-state index in [1.165, 1.54) is 11.3 Å². The lowest BCUT2D eigenvalue weighted by atomic mass is 9.98. The maximum Gasteiger partial charge on any atom is 0.318 e. The summed E-state index contributed by atoms with van der Waals surface area (Å²) in [6.45, 7) is 7.90. The van der Waals surface area contributed by atoms with Crippen LogP contribution in [-0.2, 0) is 11.2 Å². The van der Waals surface area contributed by atoms with E-state index in [0.717, 1.165) is 35.0 Å². The highest BCUT2D eigenvalue weighted by Crippen LogP contribution is 2.31. The number of fused-ring (bicyclic) bond motifs is 1. The van der Waals surface area contributed by atoms with Crippen molar-refractivity contribution < 1.29 is 9.59 Å². The summed E-state index contributed by atoms with van der Waals surface area (Å²) in [4.78, 5) is 44.1. The molecule has 2 rings (SSSR count). The highest BCUT2D eigenvalue weighted by Gasteiger charge is 2.20. The molecular formula is C16H22N4O3S2. The zero-order valence-corrected chi connectivity index (χ0v) is 16.3. The summed E-state index contributed by atoms with van der Waals surface area (Å²) in [7, 11) is 0. The van der Waals surface area contributed by atoms with Crippen molar-refractivity contribution in [3.8, 4) is 0 Å². The smallest absolute Gasteiger partial charge is 0.318 e. The van der Waals surface area contributed by atoms with E-state index in [9.17, 15) is 14.4 Å². The Morgan fingerprint density at radius 2 is 2.08 bits per heavy atom. The van der Waals surface area contributed by atoms with Crippen molar-refractivity contribution >= 4 is 45.3 Å². The Labute approximate surface area is 153 Å². The second kappa shape index (κ2) is 8.01. The normalized spacial score (nSPS) is 13.6. The number of urea groups is 1. The van der Waals surface area contributed by atoms with Crippen LogP contribution in [0.5, 0.6) is 0 Å². The van der Waals surface area contributed by atoms with Crippen LogP contribution >= 0.6 is 23.1 Å². The van der Waals surface area contributed by atoms with Gasteiger partial charge in [0.2, 0.25) is 5.91 Å². The number of thioether (sulfide) groups is 1. The van der Waals surface area contributed by atoms with Gasteiger partial charge in [-0.3, -0.25) is 14.9 Å². The van der Waals surface area contributed by atoms with Gasteiger partial charge in [-0.1, -0.05) is 32.0 Å². The van der Waals surface area contributed by atoms with Crippen molar-refractivity contribution in [2.75, 3.05) is 0 Å². The number of carbonyl (C=O) groups is 2. The standard InChI is InChI=1S/C16H22N4O3S2/c1-5-7(2)6-10-8(3)24-14-11(10)13(22)19-16(20-14)25-9(4)12(21)18-15(17)23/h7,9H,5-6H2,1-4H3,(H,19,20,22)(H3,17,18,21,23)/t7-,9+/m0/s1. The molecule has 7 nitrogen and oxygen atoms in total. The summed E-state index contributed by atoms with van der Waals surface area (Å²) in [6.07, 6.45) is 1.89. The number of aryl methyl sites for hydroxylation is 1. The summed E-state index contributed by atoms with van der Waals surface area (Å²) < 4.78 is 0. The van der Waals surface area contributed by atoms with Crippen LogP contribution in [0.4, 0.5) is 4.79 Å². The number of carbonyl (C=O) groups excluding carboxylic acids is 2. The van der Waals surface area contributed by atoms with E-state index in [1.807, 2.05) is 12.2 Å². The average Bonchev–Trinajstić information content (AvgIpc) is 2.82. The van der Waals surface area contributed by atoms with Gasteiger partial charge in [0, 0.05) is 4.88 Å². The van der Waals surface area contributed by atoms with Gasteiger partial charge in [-0.25, -0.2) is 9.78 Å². The van der Waals surface area contributed by atoms with E-state index in [4.69, 9.17) is 5.73 Å². The summed E-state index contributed by atoms with van der Waals surface area (Å²) in [6, 6.07) is -0.905. The number of thiophene rings is 1. The minimum Gasteiger partial charge on any atom is -0.351 e. The lowest BCUT2D eigenvalue weighted by Gasteiger charge is -2.10. The van der Waals surface area contributed by atoms with Crippen LogP contribution in [0.15, 0.2) is 9.95 Å². The Hall–Kier alpha value is -1.87. The van der Waals surface area contributed by atoms with Crippen LogP contribution in [0.25, 0.3) is 10.2 Å². The topological polar surface area (TPSA) is 118 Å². The minimum absolute atomic E-state index is 0.197. The van der Waals surface area contributed by atoms with Gasteiger partial charge in [-0.05, 0) is 31.7 Å². The number of hydrogen-bond donors (Lipinski definition) is 3. The first-order valence-corrected chi connectivity index (χ1v) is 9.71. The number of nitrogens with one attached hydrogen (secondary N) is 2. The fourth-order valence-electron chi connectivity index (χ4n) is 2.39. The van der Waals surface area contributed by atoms with Gasteiger partial charge in [-0.15, -0.1) is 11.3 Å². The summed E-state index contributed by atoms with van der Waals surface area (Å²) >= 11 is 2.56. The fourth-order valence-corrected chi connectivity index (χ4v) is 4.30. The van der Waals surface area contributed by atoms with Crippen molar-refractivity contribution in [1.82, 2.24) is 15.3 Å². The van der Waals surface area contributed by atoms with E-state index in [-0.39, 0.29) is 5.56 Å². The number of aromatic nitrogens is 2. The molecule has 0 aliphatic carbocycles. The number of amides is 3. The van der Waals surface area contributed by atoms with Crippen LogP contribution in [0, 0.1) is 12.8 Å². The van der Waals surface area contributed by atoms with Crippen LogP contribution in [0.2, 0.25) is 0 Å². The largest absolute Gasteiger partial charge is 0.351 e. The highest BCUT2D eigenvalue weighted by molar-refractivity contribution is 8.00. The number of nitrogens with zero attached hydrogens (tertiary/aromatic N) is 1. The van der Waals surface area contributed by atoms with Gasteiger partial charge < -0.3 is 10.7 Å². The van der Waals surface area contributed by atoms with E-state index < -0.39 is 17.2 Å². The SMILES string of the molecule is CC[C@H](C)Cc1c(C)sc2nc(S[C@H](C)C(=O)NC(N)=O)[nH]c(=O)c12. The molecule has 3 amide bonds. The van der Waals surface area contributed by atoms with Crippen molar-refractivity contribution in [2.45, 2.75) is 50.9 Å². The molecule has 4 N–H and O–H groups in total. The lowest BCUT2D eigenvalue weighted by molar-refractivity contribution is -0.119. The Bertz CT molecular complexity index is 859. The predicted octanol–water partition coefficient (Wildman–Crippen LogP) is 2.56. The zero-order chi connectivity index (χ0) is 18.7. The van der Waals surface area contributed by atoms with Crippen molar-refractivity contribution in [3.05, 3.63) is 20.8 Å². The van der Waals surface area contributed by atoms with Gasteiger partial charge in [0.1, 0.15) is 4.83 Å². The lowest BCUT2D eigenvalue weighted by Crippen LogP contribution is -2.39. The number of primary amides is 1. The first-order valence-electron chi connectivity index (χ1n) is 8.02. The van der Waals surface area contributed by atoms with Gasteiger partial charge in [0.15, 0.2) is 5.16 Å². The highest BCUT2D eigenvalue weighted by atomic mass is 32.2. The van der Waals surface area contributed by atoms with Gasteiger partial charge >= 0.3 is 6.03 Å². The van der Waals surface area contributed by atoms with Crippen LogP contribution in [0.1, 0.15) is 37.6 Å². The Balaban J connectivity index is 2.32. The molecule has 2 aromatic rings. The molecule has 136 valence electrons. The molecular weight excluding hydrogens is 360 g/mol. The first kappa shape index (κ1) is 19.5. The van der Waals surface area contributed by atoms with Gasteiger partial charge in [0.05, 0.1) is 10.6 Å². The number of hydrogen-bond acceptors (Lipinski definition) is 6. The third-order valence-corrected chi connectivity index (χ3v) is 6.02. The molecule has 0 fully saturated rings. The quantitative estimate of drug-likeness (QED) is 0.524. The number of H-pyrrole nitrogens is 1. The van der Waals surface area contributed by atoms with E-state index in [0.29, 0.717) is 21.3 Å². The van der Waals surface area contributed by atoms with Crippen molar-refractivity contribution in [1.29, 1.82) is 0 Å². The number of rotatable bonds is 6. The minimum atomic E-state index is -0.905. The third kappa shape index (κ3) is 4.60. The fraction of sp³-hybridized carbons (Fsp3) is 0.500. The second-order valence-corrected chi connectivity index (χ2v) is 8.55.